The minimum Gasteiger partial charge on any atom is -0.328 e. The summed E-state index contributed by atoms with van der Waals surface area (Å²) in [5, 5.41) is 7.78. The summed E-state index contributed by atoms with van der Waals surface area (Å²) in [7, 11) is 0. The van der Waals surface area contributed by atoms with Crippen LogP contribution in [-0.4, -0.2) is 12.1 Å². The first-order chi connectivity index (χ1) is 5.84. The first-order valence-electron chi connectivity index (χ1n) is 4.34. The molecule has 0 radical (unpaired) electrons. The number of thiophene rings is 1. The minimum atomic E-state index is 0.449. The molecule has 1 aliphatic rings. The molecule has 1 aliphatic carbocycles. The van der Waals surface area contributed by atoms with Crippen molar-refractivity contribution >= 4 is 11.3 Å². The van der Waals surface area contributed by atoms with E-state index in [1.807, 2.05) is 0 Å². The third-order valence-electron chi connectivity index (χ3n) is 2.35. The second kappa shape index (κ2) is 3.56. The van der Waals surface area contributed by atoms with Crippen molar-refractivity contribution in [2.45, 2.75) is 31.5 Å². The Morgan fingerprint density at radius 2 is 2.42 bits per heavy atom. The molecule has 0 saturated heterocycles. The summed E-state index contributed by atoms with van der Waals surface area (Å²) in [4.78, 5) is 0. The number of rotatable bonds is 3. The highest BCUT2D eigenvalue weighted by molar-refractivity contribution is 7.07. The summed E-state index contributed by atoms with van der Waals surface area (Å²) < 4.78 is 0. The van der Waals surface area contributed by atoms with Crippen LogP contribution in [0.15, 0.2) is 16.8 Å². The maximum absolute atomic E-state index is 5.68. The molecule has 0 aliphatic heterocycles. The number of hydrogen-bond acceptors (Lipinski definition) is 3. The lowest BCUT2D eigenvalue weighted by Crippen LogP contribution is -2.47. The molecule has 0 unspecified atom stereocenters. The molecule has 1 fully saturated rings. The van der Waals surface area contributed by atoms with Crippen LogP contribution in [0.4, 0.5) is 0 Å². The van der Waals surface area contributed by atoms with E-state index in [0.717, 1.165) is 19.4 Å². The minimum absolute atomic E-state index is 0.449. The van der Waals surface area contributed by atoms with Crippen LogP contribution in [0.25, 0.3) is 0 Å². The maximum atomic E-state index is 5.68. The van der Waals surface area contributed by atoms with Gasteiger partial charge in [0.05, 0.1) is 0 Å². The molecular weight excluding hydrogens is 168 g/mol. The van der Waals surface area contributed by atoms with E-state index in [1.165, 1.54) is 5.56 Å². The zero-order chi connectivity index (χ0) is 8.39. The molecular formula is C9H14N2S. The average molecular weight is 182 g/mol. The molecule has 1 aromatic heterocycles. The molecule has 0 atom stereocenters. The van der Waals surface area contributed by atoms with Gasteiger partial charge in [-0.3, -0.25) is 0 Å². The first kappa shape index (κ1) is 8.23. The SMILES string of the molecule is NC1CC(NCc2ccsc2)C1. The van der Waals surface area contributed by atoms with Crippen LogP contribution in [0.5, 0.6) is 0 Å². The van der Waals surface area contributed by atoms with Crippen LogP contribution in [-0.2, 0) is 6.54 Å². The molecule has 1 aromatic rings. The van der Waals surface area contributed by atoms with Crippen molar-refractivity contribution < 1.29 is 0 Å². The third-order valence-corrected chi connectivity index (χ3v) is 3.08. The van der Waals surface area contributed by atoms with E-state index in [1.54, 1.807) is 11.3 Å². The van der Waals surface area contributed by atoms with Crippen molar-refractivity contribution in [2.75, 3.05) is 0 Å². The van der Waals surface area contributed by atoms with Gasteiger partial charge in [-0.25, -0.2) is 0 Å². The fourth-order valence-corrected chi connectivity index (χ4v) is 2.15. The molecule has 66 valence electrons. The molecule has 1 heterocycles. The number of hydrogen-bond donors (Lipinski definition) is 2. The number of nitrogens with one attached hydrogen (secondary N) is 1. The van der Waals surface area contributed by atoms with Gasteiger partial charge in [-0.15, -0.1) is 0 Å². The lowest BCUT2D eigenvalue weighted by molar-refractivity contribution is 0.291. The summed E-state index contributed by atoms with van der Waals surface area (Å²) in [5.74, 6) is 0. The average Bonchev–Trinajstić information content (AvgIpc) is 2.47. The predicted octanol–water partition coefficient (Wildman–Crippen LogP) is 1.33. The van der Waals surface area contributed by atoms with Gasteiger partial charge in [0, 0.05) is 18.6 Å². The van der Waals surface area contributed by atoms with Crippen molar-refractivity contribution in [1.82, 2.24) is 5.32 Å². The van der Waals surface area contributed by atoms with Gasteiger partial charge >= 0.3 is 0 Å². The Morgan fingerprint density at radius 1 is 1.58 bits per heavy atom. The Morgan fingerprint density at radius 3 is 3.00 bits per heavy atom. The van der Waals surface area contributed by atoms with Gasteiger partial charge in [0.1, 0.15) is 0 Å². The highest BCUT2D eigenvalue weighted by Crippen LogP contribution is 2.18. The van der Waals surface area contributed by atoms with Crippen molar-refractivity contribution in [1.29, 1.82) is 0 Å². The fraction of sp³-hybridized carbons (Fsp3) is 0.556. The zero-order valence-electron chi connectivity index (χ0n) is 6.99. The van der Waals surface area contributed by atoms with Crippen LogP contribution in [0.2, 0.25) is 0 Å². The molecule has 0 bridgehead atoms. The maximum Gasteiger partial charge on any atom is 0.0216 e. The Labute approximate surface area is 76.8 Å². The van der Waals surface area contributed by atoms with E-state index in [0.29, 0.717) is 12.1 Å². The second-order valence-corrected chi connectivity index (χ2v) is 4.22. The smallest absolute Gasteiger partial charge is 0.0216 e. The lowest BCUT2D eigenvalue weighted by atomic mass is 9.87. The van der Waals surface area contributed by atoms with E-state index in [4.69, 9.17) is 5.73 Å². The zero-order valence-corrected chi connectivity index (χ0v) is 7.81. The van der Waals surface area contributed by atoms with Gasteiger partial charge < -0.3 is 11.1 Å². The molecule has 2 rings (SSSR count). The molecule has 1 saturated carbocycles. The van der Waals surface area contributed by atoms with Gasteiger partial charge in [-0.1, -0.05) is 0 Å². The summed E-state index contributed by atoms with van der Waals surface area (Å²) in [6.07, 6.45) is 2.29. The summed E-state index contributed by atoms with van der Waals surface area (Å²) in [6.45, 7) is 1.00. The van der Waals surface area contributed by atoms with Gasteiger partial charge in [0.15, 0.2) is 0 Å². The highest BCUT2D eigenvalue weighted by Gasteiger charge is 2.24. The van der Waals surface area contributed by atoms with Crippen LogP contribution >= 0.6 is 11.3 Å². The van der Waals surface area contributed by atoms with Crippen molar-refractivity contribution in [2.24, 2.45) is 5.73 Å². The van der Waals surface area contributed by atoms with Crippen molar-refractivity contribution in [3.05, 3.63) is 22.4 Å². The van der Waals surface area contributed by atoms with Crippen LogP contribution in [0.1, 0.15) is 18.4 Å². The van der Waals surface area contributed by atoms with E-state index in [9.17, 15) is 0 Å². The molecule has 12 heavy (non-hydrogen) atoms. The first-order valence-corrected chi connectivity index (χ1v) is 5.29. The Kier molecular flexibility index (Phi) is 2.44. The van der Waals surface area contributed by atoms with E-state index < -0.39 is 0 Å². The van der Waals surface area contributed by atoms with Crippen LogP contribution in [0.3, 0.4) is 0 Å². The highest BCUT2D eigenvalue weighted by atomic mass is 32.1. The molecule has 0 spiro atoms. The summed E-state index contributed by atoms with van der Waals surface area (Å²) in [6, 6.07) is 3.28. The molecule has 3 N–H and O–H groups in total. The predicted molar refractivity (Wildman–Crippen MR) is 52.2 cm³/mol. The Hall–Kier alpha value is -0.380. The van der Waals surface area contributed by atoms with E-state index in [2.05, 4.69) is 22.1 Å². The molecule has 3 heteroatoms. The van der Waals surface area contributed by atoms with E-state index >= 15 is 0 Å². The van der Waals surface area contributed by atoms with Gasteiger partial charge in [0.25, 0.3) is 0 Å². The topological polar surface area (TPSA) is 38.0 Å². The van der Waals surface area contributed by atoms with Crippen LogP contribution < -0.4 is 11.1 Å². The van der Waals surface area contributed by atoms with Crippen molar-refractivity contribution in [3.8, 4) is 0 Å². The van der Waals surface area contributed by atoms with E-state index in [-0.39, 0.29) is 0 Å². The summed E-state index contributed by atoms with van der Waals surface area (Å²) >= 11 is 1.75. The molecule has 0 amide bonds. The normalized spacial score (nSPS) is 28.4. The third kappa shape index (κ3) is 1.86. The fourth-order valence-electron chi connectivity index (χ4n) is 1.48. The Balaban J connectivity index is 1.70. The van der Waals surface area contributed by atoms with Gasteiger partial charge in [0.2, 0.25) is 0 Å². The molecule has 0 aromatic carbocycles. The largest absolute Gasteiger partial charge is 0.328 e. The van der Waals surface area contributed by atoms with Gasteiger partial charge in [-0.05, 0) is 35.2 Å². The second-order valence-electron chi connectivity index (χ2n) is 3.44. The van der Waals surface area contributed by atoms with Crippen molar-refractivity contribution in [3.63, 3.8) is 0 Å². The lowest BCUT2D eigenvalue weighted by Gasteiger charge is -2.33. The number of nitrogens with two attached hydrogens (primary N) is 1. The van der Waals surface area contributed by atoms with Crippen LogP contribution in [0, 0.1) is 0 Å². The van der Waals surface area contributed by atoms with Gasteiger partial charge in [-0.2, -0.15) is 11.3 Å². The standard InChI is InChI=1S/C9H14N2S/c10-8-3-9(4-8)11-5-7-1-2-12-6-7/h1-2,6,8-9,11H,3-5,10H2. The quantitative estimate of drug-likeness (QED) is 0.740. The Bertz CT molecular complexity index is 227. The summed E-state index contributed by atoms with van der Waals surface area (Å²) in [5.41, 5.74) is 7.07. The monoisotopic (exact) mass is 182 g/mol. The molecule has 2 nitrogen and oxygen atoms in total.